The van der Waals surface area contributed by atoms with Crippen molar-refractivity contribution in [3.05, 3.63) is 35.4 Å². The molecular formula is C15H23N3O. The van der Waals surface area contributed by atoms with Crippen molar-refractivity contribution in [2.75, 3.05) is 20.6 Å². The minimum absolute atomic E-state index is 0.0755. The predicted molar refractivity (Wildman–Crippen MR) is 76.7 cm³/mol. The highest BCUT2D eigenvalue weighted by molar-refractivity contribution is 5.78. The largest absolute Gasteiger partial charge is 0.351 e. The van der Waals surface area contributed by atoms with E-state index in [9.17, 15) is 4.79 Å². The van der Waals surface area contributed by atoms with Crippen LogP contribution in [0.2, 0.25) is 0 Å². The lowest BCUT2D eigenvalue weighted by Crippen LogP contribution is -2.34. The topological polar surface area (TPSA) is 44.4 Å². The van der Waals surface area contributed by atoms with Crippen LogP contribution in [0.3, 0.4) is 0 Å². The molecular weight excluding hydrogens is 238 g/mol. The van der Waals surface area contributed by atoms with Crippen molar-refractivity contribution in [3.63, 3.8) is 0 Å². The molecule has 2 rings (SSSR count). The molecule has 1 amide bonds. The molecule has 0 atom stereocenters. The van der Waals surface area contributed by atoms with Gasteiger partial charge in [-0.25, -0.2) is 0 Å². The highest BCUT2D eigenvalue weighted by Crippen LogP contribution is 2.17. The number of carbonyl (C=O) groups is 1. The summed E-state index contributed by atoms with van der Waals surface area (Å²) in [6.07, 6.45) is 2.41. The number of rotatable bonds is 7. The Balaban J connectivity index is 1.81. The SMILES string of the molecule is CN(C)Cc1ccccc1CNC(=O)CNC1CC1. The van der Waals surface area contributed by atoms with Crippen LogP contribution >= 0.6 is 0 Å². The Hall–Kier alpha value is -1.39. The highest BCUT2D eigenvalue weighted by Gasteiger charge is 2.20. The van der Waals surface area contributed by atoms with E-state index in [2.05, 4.69) is 41.8 Å². The van der Waals surface area contributed by atoms with E-state index < -0.39 is 0 Å². The summed E-state index contributed by atoms with van der Waals surface area (Å²) in [5.41, 5.74) is 2.46. The van der Waals surface area contributed by atoms with E-state index in [0.717, 1.165) is 6.54 Å². The van der Waals surface area contributed by atoms with Gasteiger partial charge in [0.05, 0.1) is 6.54 Å². The van der Waals surface area contributed by atoms with E-state index in [0.29, 0.717) is 19.1 Å². The minimum atomic E-state index is 0.0755. The molecule has 1 aromatic carbocycles. The van der Waals surface area contributed by atoms with Gasteiger partial charge in [-0.05, 0) is 38.1 Å². The third kappa shape index (κ3) is 5.01. The number of hydrogen-bond donors (Lipinski definition) is 2. The molecule has 2 N–H and O–H groups in total. The van der Waals surface area contributed by atoms with Crippen LogP contribution in [0.4, 0.5) is 0 Å². The van der Waals surface area contributed by atoms with E-state index in [-0.39, 0.29) is 5.91 Å². The Morgan fingerprint density at radius 3 is 2.58 bits per heavy atom. The molecule has 0 aliphatic heterocycles. The van der Waals surface area contributed by atoms with E-state index in [1.165, 1.54) is 24.0 Å². The smallest absolute Gasteiger partial charge is 0.234 e. The summed E-state index contributed by atoms with van der Waals surface area (Å²) < 4.78 is 0. The van der Waals surface area contributed by atoms with Gasteiger partial charge in [-0.1, -0.05) is 24.3 Å². The fourth-order valence-corrected chi connectivity index (χ4v) is 2.01. The maximum Gasteiger partial charge on any atom is 0.234 e. The van der Waals surface area contributed by atoms with Crippen LogP contribution in [0.5, 0.6) is 0 Å². The third-order valence-corrected chi connectivity index (χ3v) is 3.21. The summed E-state index contributed by atoms with van der Waals surface area (Å²) in [4.78, 5) is 13.8. The molecule has 4 heteroatoms. The van der Waals surface area contributed by atoms with Crippen molar-refractivity contribution in [2.24, 2.45) is 0 Å². The maximum atomic E-state index is 11.7. The second-order valence-corrected chi connectivity index (χ2v) is 5.44. The summed E-state index contributed by atoms with van der Waals surface area (Å²) >= 11 is 0. The van der Waals surface area contributed by atoms with Crippen molar-refractivity contribution in [3.8, 4) is 0 Å². The summed E-state index contributed by atoms with van der Waals surface area (Å²) in [6, 6.07) is 8.82. The van der Waals surface area contributed by atoms with Gasteiger partial charge in [0.1, 0.15) is 0 Å². The second kappa shape index (κ2) is 6.68. The molecule has 1 aromatic rings. The lowest BCUT2D eigenvalue weighted by atomic mass is 10.1. The molecule has 0 radical (unpaired) electrons. The second-order valence-electron chi connectivity index (χ2n) is 5.44. The Morgan fingerprint density at radius 2 is 1.95 bits per heavy atom. The van der Waals surface area contributed by atoms with Gasteiger partial charge in [0.25, 0.3) is 0 Å². The summed E-state index contributed by atoms with van der Waals surface area (Å²) in [5.74, 6) is 0.0755. The zero-order chi connectivity index (χ0) is 13.7. The van der Waals surface area contributed by atoms with Gasteiger partial charge in [0.15, 0.2) is 0 Å². The van der Waals surface area contributed by atoms with Gasteiger partial charge < -0.3 is 15.5 Å². The van der Waals surface area contributed by atoms with Crippen molar-refractivity contribution in [2.45, 2.75) is 32.0 Å². The van der Waals surface area contributed by atoms with Gasteiger partial charge in [-0.3, -0.25) is 4.79 Å². The highest BCUT2D eigenvalue weighted by atomic mass is 16.1. The number of nitrogens with zero attached hydrogens (tertiary/aromatic N) is 1. The average molecular weight is 261 g/mol. The van der Waals surface area contributed by atoms with Gasteiger partial charge in [0, 0.05) is 19.1 Å². The fourth-order valence-electron chi connectivity index (χ4n) is 2.01. The van der Waals surface area contributed by atoms with Crippen molar-refractivity contribution in [1.82, 2.24) is 15.5 Å². The first-order chi connectivity index (χ1) is 9.15. The number of amides is 1. The van der Waals surface area contributed by atoms with Crippen LogP contribution in [-0.2, 0) is 17.9 Å². The zero-order valence-corrected chi connectivity index (χ0v) is 11.8. The van der Waals surface area contributed by atoms with E-state index >= 15 is 0 Å². The van der Waals surface area contributed by atoms with Gasteiger partial charge >= 0.3 is 0 Å². The lowest BCUT2D eigenvalue weighted by molar-refractivity contribution is -0.120. The van der Waals surface area contributed by atoms with Gasteiger partial charge in [-0.15, -0.1) is 0 Å². The minimum Gasteiger partial charge on any atom is -0.351 e. The standard InChI is InChI=1S/C15H23N3O/c1-18(2)11-13-6-4-3-5-12(13)9-17-15(19)10-16-14-7-8-14/h3-6,14,16H,7-11H2,1-2H3,(H,17,19). The lowest BCUT2D eigenvalue weighted by Gasteiger charge is -2.14. The Kier molecular flexibility index (Phi) is 4.93. The van der Waals surface area contributed by atoms with Crippen LogP contribution in [0.15, 0.2) is 24.3 Å². The number of nitrogens with one attached hydrogen (secondary N) is 2. The van der Waals surface area contributed by atoms with Gasteiger partial charge in [-0.2, -0.15) is 0 Å². The third-order valence-electron chi connectivity index (χ3n) is 3.21. The molecule has 0 unspecified atom stereocenters. The Labute approximate surface area is 115 Å². The average Bonchev–Trinajstić information content (AvgIpc) is 3.18. The quantitative estimate of drug-likeness (QED) is 0.773. The molecule has 1 saturated carbocycles. The molecule has 4 nitrogen and oxygen atoms in total. The fraction of sp³-hybridized carbons (Fsp3) is 0.533. The first-order valence-electron chi connectivity index (χ1n) is 6.87. The van der Waals surface area contributed by atoms with E-state index in [1.807, 2.05) is 12.1 Å². The van der Waals surface area contributed by atoms with Crippen LogP contribution in [0.1, 0.15) is 24.0 Å². The summed E-state index contributed by atoms with van der Waals surface area (Å²) in [6.45, 7) is 1.93. The van der Waals surface area contributed by atoms with Crippen LogP contribution in [0, 0.1) is 0 Å². The molecule has 0 aromatic heterocycles. The van der Waals surface area contributed by atoms with Crippen LogP contribution in [0.25, 0.3) is 0 Å². The molecule has 0 heterocycles. The molecule has 1 aliphatic carbocycles. The normalized spacial score (nSPS) is 14.7. The van der Waals surface area contributed by atoms with Crippen molar-refractivity contribution in [1.29, 1.82) is 0 Å². The predicted octanol–water partition coefficient (Wildman–Crippen LogP) is 1.12. The van der Waals surface area contributed by atoms with Crippen LogP contribution < -0.4 is 10.6 Å². The Morgan fingerprint density at radius 1 is 1.26 bits per heavy atom. The summed E-state index contributed by atoms with van der Waals surface area (Å²) in [5, 5.41) is 6.19. The number of carbonyl (C=O) groups excluding carboxylic acids is 1. The van der Waals surface area contributed by atoms with Crippen molar-refractivity contribution >= 4 is 5.91 Å². The van der Waals surface area contributed by atoms with E-state index in [4.69, 9.17) is 0 Å². The van der Waals surface area contributed by atoms with Crippen molar-refractivity contribution < 1.29 is 4.79 Å². The number of benzene rings is 1. The molecule has 1 fully saturated rings. The molecule has 0 spiro atoms. The number of hydrogen-bond acceptors (Lipinski definition) is 3. The van der Waals surface area contributed by atoms with Gasteiger partial charge in [0.2, 0.25) is 5.91 Å². The molecule has 1 aliphatic rings. The summed E-state index contributed by atoms with van der Waals surface area (Å²) in [7, 11) is 4.10. The monoisotopic (exact) mass is 261 g/mol. The first kappa shape index (κ1) is 14.0. The molecule has 0 saturated heterocycles. The molecule has 104 valence electrons. The Bertz CT molecular complexity index is 427. The molecule has 0 bridgehead atoms. The maximum absolute atomic E-state index is 11.7. The molecule has 19 heavy (non-hydrogen) atoms. The van der Waals surface area contributed by atoms with E-state index in [1.54, 1.807) is 0 Å². The first-order valence-corrected chi connectivity index (χ1v) is 6.87. The zero-order valence-electron chi connectivity index (χ0n) is 11.8. The van der Waals surface area contributed by atoms with Crippen LogP contribution in [-0.4, -0.2) is 37.5 Å².